The second-order valence-electron chi connectivity index (χ2n) is 1.63. The molecule has 0 aliphatic heterocycles. The first-order chi connectivity index (χ1) is 4.29. The highest BCUT2D eigenvalue weighted by Crippen LogP contribution is 2.05. The van der Waals surface area contributed by atoms with Gasteiger partial charge in [-0.1, -0.05) is 12.2 Å². The number of hydrogen-bond donors (Lipinski definition) is 0. The zero-order chi connectivity index (χ0) is 6.69. The second kappa shape index (κ2) is 2.26. The van der Waals surface area contributed by atoms with Gasteiger partial charge in [0.1, 0.15) is 0 Å². The average molecular weight is 123 g/mol. The lowest BCUT2D eigenvalue weighted by Gasteiger charge is -1.79. The zero-order valence-corrected chi connectivity index (χ0v) is 4.65. The number of rotatable bonds is 1. The van der Waals surface area contributed by atoms with Crippen molar-refractivity contribution < 1.29 is 4.92 Å². The molecule has 1 rings (SSSR count). The third kappa shape index (κ3) is 1.53. The van der Waals surface area contributed by atoms with Crippen LogP contribution in [0.4, 0.5) is 0 Å². The molecule has 0 spiro atoms. The summed E-state index contributed by atoms with van der Waals surface area (Å²) in [6.07, 6.45) is 7.86. The van der Waals surface area contributed by atoms with Crippen LogP contribution in [0, 0.1) is 10.1 Å². The highest BCUT2D eigenvalue weighted by molar-refractivity contribution is 5.38. The monoisotopic (exact) mass is 123 g/mol. The first-order valence-electron chi connectivity index (χ1n) is 2.49. The molecule has 0 radical (unpaired) electrons. The smallest absolute Gasteiger partial charge is 0.241 e. The molecule has 0 aromatic heterocycles. The molecule has 1 aliphatic carbocycles. The van der Waals surface area contributed by atoms with Gasteiger partial charge in [0, 0.05) is 5.57 Å². The Morgan fingerprint density at radius 2 is 2.00 bits per heavy atom. The Balaban J connectivity index is 2.73. The van der Waals surface area contributed by atoms with E-state index in [2.05, 4.69) is 0 Å². The summed E-state index contributed by atoms with van der Waals surface area (Å²) in [5.74, 6) is 0. The van der Waals surface area contributed by atoms with E-state index in [4.69, 9.17) is 0 Å². The molecule has 0 saturated heterocycles. The summed E-state index contributed by atoms with van der Waals surface area (Å²) in [4.78, 5) is 9.35. The molecule has 0 saturated carbocycles. The topological polar surface area (TPSA) is 43.1 Å². The molecule has 0 aromatic carbocycles. The Kier molecular flexibility index (Phi) is 1.44. The van der Waals surface area contributed by atoms with Crippen LogP contribution < -0.4 is 0 Å². The van der Waals surface area contributed by atoms with Gasteiger partial charge in [-0.15, -0.1) is 0 Å². The molecular weight excluding hydrogens is 118 g/mol. The minimum atomic E-state index is -0.463. The number of allylic oxidation sites excluding steroid dienone is 5. The van der Waals surface area contributed by atoms with Crippen molar-refractivity contribution >= 4 is 0 Å². The maximum Gasteiger partial charge on any atom is 0.241 e. The van der Waals surface area contributed by atoms with Crippen molar-refractivity contribution in [1.29, 1.82) is 0 Å². The number of nitro groups is 1. The van der Waals surface area contributed by atoms with E-state index in [0.29, 0.717) is 5.57 Å². The summed E-state index contributed by atoms with van der Waals surface area (Å²) < 4.78 is 0. The first-order valence-corrected chi connectivity index (χ1v) is 2.49. The van der Waals surface area contributed by atoms with Crippen LogP contribution in [0.3, 0.4) is 0 Å². The Morgan fingerprint density at radius 1 is 1.44 bits per heavy atom. The molecule has 3 heteroatoms. The Bertz CT molecular complexity index is 199. The molecule has 0 unspecified atom stereocenters. The maximum atomic E-state index is 9.82. The quantitative estimate of drug-likeness (QED) is 0.389. The lowest BCUT2D eigenvalue weighted by molar-refractivity contribution is -0.403. The lowest BCUT2D eigenvalue weighted by Crippen LogP contribution is -1.84. The molecule has 0 aromatic rings. The van der Waals surface area contributed by atoms with Crippen LogP contribution in [0.25, 0.3) is 0 Å². The van der Waals surface area contributed by atoms with Crippen LogP contribution in [0.1, 0.15) is 0 Å². The Hall–Kier alpha value is -1.38. The zero-order valence-electron chi connectivity index (χ0n) is 4.65. The minimum absolute atomic E-state index is 0.463. The van der Waals surface area contributed by atoms with Gasteiger partial charge in [0.05, 0.1) is 4.92 Å². The van der Waals surface area contributed by atoms with E-state index in [1.165, 1.54) is 0 Å². The molecule has 0 amide bonds. The Morgan fingerprint density at radius 3 is 2.44 bits per heavy atom. The highest BCUT2D eigenvalue weighted by Gasteiger charge is 1.95. The van der Waals surface area contributed by atoms with Gasteiger partial charge in [0.2, 0.25) is 6.20 Å². The molecule has 0 bridgehead atoms. The van der Waals surface area contributed by atoms with E-state index >= 15 is 0 Å². The SMILES string of the molecule is O=[N+]([O-])C=C1C=CC=C1. The van der Waals surface area contributed by atoms with Crippen LogP contribution in [0.2, 0.25) is 0 Å². The van der Waals surface area contributed by atoms with Gasteiger partial charge in [0.15, 0.2) is 0 Å². The van der Waals surface area contributed by atoms with Crippen molar-refractivity contribution in [2.45, 2.75) is 0 Å². The van der Waals surface area contributed by atoms with Crippen molar-refractivity contribution in [3.05, 3.63) is 46.2 Å². The summed E-state index contributed by atoms with van der Waals surface area (Å²) >= 11 is 0. The van der Waals surface area contributed by atoms with Gasteiger partial charge in [-0.3, -0.25) is 10.1 Å². The van der Waals surface area contributed by atoms with E-state index in [9.17, 15) is 10.1 Å². The fourth-order valence-electron chi connectivity index (χ4n) is 0.597. The molecule has 3 nitrogen and oxygen atoms in total. The Labute approximate surface area is 52.1 Å². The van der Waals surface area contributed by atoms with Gasteiger partial charge in [-0.05, 0) is 12.2 Å². The molecule has 0 atom stereocenters. The highest BCUT2D eigenvalue weighted by atomic mass is 16.6. The van der Waals surface area contributed by atoms with Gasteiger partial charge in [-0.2, -0.15) is 0 Å². The van der Waals surface area contributed by atoms with Crippen molar-refractivity contribution in [2.24, 2.45) is 0 Å². The largest absolute Gasteiger partial charge is 0.259 e. The number of nitrogens with zero attached hydrogens (tertiary/aromatic N) is 1. The third-order valence-electron chi connectivity index (χ3n) is 0.943. The van der Waals surface area contributed by atoms with Crippen LogP contribution in [-0.2, 0) is 0 Å². The minimum Gasteiger partial charge on any atom is -0.259 e. The van der Waals surface area contributed by atoms with Crippen LogP contribution >= 0.6 is 0 Å². The van der Waals surface area contributed by atoms with E-state index in [1.807, 2.05) is 0 Å². The van der Waals surface area contributed by atoms with Gasteiger partial charge < -0.3 is 0 Å². The molecule has 9 heavy (non-hydrogen) atoms. The molecule has 0 N–H and O–H groups in total. The summed E-state index contributed by atoms with van der Waals surface area (Å²) in [7, 11) is 0. The predicted octanol–water partition coefficient (Wildman–Crippen LogP) is 1.27. The molecule has 0 heterocycles. The van der Waals surface area contributed by atoms with Gasteiger partial charge in [0.25, 0.3) is 0 Å². The van der Waals surface area contributed by atoms with Gasteiger partial charge >= 0.3 is 0 Å². The first kappa shape index (κ1) is 5.75. The third-order valence-corrected chi connectivity index (χ3v) is 0.943. The fourth-order valence-corrected chi connectivity index (χ4v) is 0.597. The van der Waals surface area contributed by atoms with Crippen molar-refractivity contribution in [2.75, 3.05) is 0 Å². The molecular formula is C6H5NO2. The van der Waals surface area contributed by atoms with E-state index in [-0.39, 0.29) is 0 Å². The molecule has 0 fully saturated rings. The summed E-state index contributed by atoms with van der Waals surface area (Å²) in [5, 5.41) is 9.82. The van der Waals surface area contributed by atoms with Crippen molar-refractivity contribution in [3.63, 3.8) is 0 Å². The molecule has 1 aliphatic rings. The van der Waals surface area contributed by atoms with E-state index < -0.39 is 4.92 Å². The summed E-state index contributed by atoms with van der Waals surface area (Å²) in [5.41, 5.74) is 0.639. The average Bonchev–Trinajstić information content (AvgIpc) is 2.15. The maximum absolute atomic E-state index is 9.82. The van der Waals surface area contributed by atoms with Crippen molar-refractivity contribution in [3.8, 4) is 0 Å². The lowest BCUT2D eigenvalue weighted by atomic mass is 10.3. The van der Waals surface area contributed by atoms with E-state index in [1.54, 1.807) is 24.3 Å². The normalized spacial score (nSPS) is 14.4. The van der Waals surface area contributed by atoms with Crippen LogP contribution in [0.5, 0.6) is 0 Å². The summed E-state index contributed by atoms with van der Waals surface area (Å²) in [6, 6.07) is 0. The fraction of sp³-hybridized carbons (Fsp3) is 0. The second-order valence-corrected chi connectivity index (χ2v) is 1.63. The van der Waals surface area contributed by atoms with Crippen molar-refractivity contribution in [1.82, 2.24) is 0 Å². The van der Waals surface area contributed by atoms with E-state index in [0.717, 1.165) is 6.20 Å². The predicted molar refractivity (Wildman–Crippen MR) is 33.4 cm³/mol. The number of hydrogen-bond acceptors (Lipinski definition) is 2. The molecule has 46 valence electrons. The van der Waals surface area contributed by atoms with Gasteiger partial charge in [-0.25, -0.2) is 0 Å². The standard InChI is InChI=1S/C6H5NO2/c8-7(9)5-6-3-1-2-4-6/h1-5H. The van der Waals surface area contributed by atoms with Crippen LogP contribution in [0.15, 0.2) is 36.1 Å². The summed E-state index contributed by atoms with van der Waals surface area (Å²) in [6.45, 7) is 0. The van der Waals surface area contributed by atoms with Crippen LogP contribution in [-0.4, -0.2) is 4.92 Å².